The quantitative estimate of drug-likeness (QED) is 0.110. The van der Waals surface area contributed by atoms with Crippen molar-refractivity contribution in [2.75, 3.05) is 53.2 Å². The third kappa shape index (κ3) is 11.7. The second-order valence-electron chi connectivity index (χ2n) is 8.10. The van der Waals surface area contributed by atoms with E-state index >= 15 is 0 Å². The van der Waals surface area contributed by atoms with Crippen LogP contribution in [0.4, 0.5) is 4.79 Å². The van der Waals surface area contributed by atoms with Gasteiger partial charge in [-0.15, -0.1) is 0 Å². The SMILES string of the molecule is CNC(=O)N(/C=C(/C)C=O)CC[C@@H](CN)OCCOC[C@H](CCn1cc(C)c(=O)[nH]c1=O)OCCO. The summed E-state index contributed by atoms with van der Waals surface area (Å²) in [5.74, 6) is 0. The van der Waals surface area contributed by atoms with Crippen LogP contribution < -0.4 is 22.3 Å². The molecule has 0 spiro atoms. The Bertz CT molecular complexity index is 945. The number of hydrogen-bond acceptors (Lipinski definition) is 9. The van der Waals surface area contributed by atoms with Gasteiger partial charge in [-0.1, -0.05) is 0 Å². The van der Waals surface area contributed by atoms with Crippen LogP contribution in [0.25, 0.3) is 0 Å². The molecule has 2 atom stereocenters. The summed E-state index contributed by atoms with van der Waals surface area (Å²) in [5, 5.41) is 11.6. The first-order chi connectivity index (χ1) is 17.2. The minimum absolute atomic E-state index is 0.124. The van der Waals surface area contributed by atoms with Crippen molar-refractivity contribution >= 4 is 12.3 Å². The van der Waals surface area contributed by atoms with Crippen LogP contribution in [0.5, 0.6) is 0 Å². The Labute approximate surface area is 210 Å². The monoisotopic (exact) mass is 513 g/mol. The van der Waals surface area contributed by atoms with Gasteiger partial charge >= 0.3 is 11.7 Å². The molecule has 5 N–H and O–H groups in total. The lowest BCUT2D eigenvalue weighted by molar-refractivity contribution is -0.104. The summed E-state index contributed by atoms with van der Waals surface area (Å²) in [5.41, 5.74) is 5.71. The number of hydrogen-bond donors (Lipinski definition) is 4. The molecule has 0 saturated carbocycles. The summed E-state index contributed by atoms with van der Waals surface area (Å²) >= 11 is 0. The van der Waals surface area contributed by atoms with E-state index < -0.39 is 11.2 Å². The molecule has 1 heterocycles. The van der Waals surface area contributed by atoms with Crippen molar-refractivity contribution in [1.29, 1.82) is 0 Å². The molecule has 0 aromatic carbocycles. The number of H-pyrrole nitrogens is 1. The number of urea groups is 1. The Morgan fingerprint density at radius 1 is 1.25 bits per heavy atom. The Morgan fingerprint density at radius 2 is 1.97 bits per heavy atom. The Hall–Kier alpha value is -2.84. The number of amides is 2. The van der Waals surface area contributed by atoms with Gasteiger partial charge in [-0.3, -0.25) is 14.6 Å². The average molecular weight is 514 g/mol. The molecule has 1 aromatic rings. The summed E-state index contributed by atoms with van der Waals surface area (Å²) in [6.45, 7) is 4.80. The molecule has 0 unspecified atom stereocenters. The van der Waals surface area contributed by atoms with E-state index in [-0.39, 0.29) is 57.8 Å². The number of nitrogens with two attached hydrogens (primary N) is 1. The van der Waals surface area contributed by atoms with E-state index in [1.165, 1.54) is 28.9 Å². The van der Waals surface area contributed by atoms with E-state index in [1.807, 2.05) is 0 Å². The van der Waals surface area contributed by atoms with E-state index in [9.17, 15) is 19.2 Å². The molecular weight excluding hydrogens is 474 g/mol. The highest BCUT2D eigenvalue weighted by Gasteiger charge is 2.15. The number of nitrogens with zero attached hydrogens (tertiary/aromatic N) is 2. The molecular formula is C23H39N5O8. The van der Waals surface area contributed by atoms with Gasteiger partial charge in [0.1, 0.15) is 6.29 Å². The highest BCUT2D eigenvalue weighted by molar-refractivity contribution is 5.78. The summed E-state index contributed by atoms with van der Waals surface area (Å²) in [4.78, 5) is 50.0. The van der Waals surface area contributed by atoms with Crippen LogP contribution in [0.3, 0.4) is 0 Å². The standard InChI is InChI=1S/C23H39N5O8/c1-17(15-30)13-27(22(32)25-3)6-4-19(12-24)36-11-10-34-16-20(35-9-8-29)5-7-28-14-18(2)21(31)26-23(28)33/h13-15,19-20,29H,4-12,16,24H2,1-3H3,(H,25,32)(H,26,31,33)/b17-13-/t19-,20-/m0/s1. The fourth-order valence-corrected chi connectivity index (χ4v) is 3.19. The summed E-state index contributed by atoms with van der Waals surface area (Å²) in [7, 11) is 1.51. The molecule has 204 valence electrons. The number of rotatable bonds is 18. The summed E-state index contributed by atoms with van der Waals surface area (Å²) in [6, 6.07) is -0.344. The number of nitrogens with one attached hydrogen (secondary N) is 2. The van der Waals surface area contributed by atoms with Gasteiger partial charge in [0.15, 0.2) is 0 Å². The van der Waals surface area contributed by atoms with Crippen molar-refractivity contribution in [2.24, 2.45) is 5.73 Å². The smallest absolute Gasteiger partial charge is 0.328 e. The molecule has 0 aliphatic rings. The third-order valence-corrected chi connectivity index (χ3v) is 5.19. The van der Waals surface area contributed by atoms with Crippen molar-refractivity contribution in [3.8, 4) is 0 Å². The van der Waals surface area contributed by atoms with Crippen molar-refractivity contribution in [3.05, 3.63) is 44.4 Å². The van der Waals surface area contributed by atoms with Crippen molar-refractivity contribution in [1.82, 2.24) is 19.8 Å². The van der Waals surface area contributed by atoms with Gasteiger partial charge in [0.25, 0.3) is 5.56 Å². The third-order valence-electron chi connectivity index (χ3n) is 5.19. The maximum Gasteiger partial charge on any atom is 0.328 e. The zero-order valence-electron chi connectivity index (χ0n) is 21.2. The topological polar surface area (TPSA) is 178 Å². The maximum atomic E-state index is 12.0. The highest BCUT2D eigenvalue weighted by atomic mass is 16.6. The lowest BCUT2D eigenvalue weighted by Gasteiger charge is -2.22. The van der Waals surface area contributed by atoms with Gasteiger partial charge in [-0.25, -0.2) is 9.59 Å². The number of aldehydes is 1. The molecule has 0 aliphatic heterocycles. The highest BCUT2D eigenvalue weighted by Crippen LogP contribution is 2.05. The van der Waals surface area contributed by atoms with Crippen LogP contribution in [-0.4, -0.2) is 97.3 Å². The first-order valence-electron chi connectivity index (χ1n) is 11.8. The molecule has 2 amide bonds. The number of aromatic nitrogens is 2. The first-order valence-corrected chi connectivity index (χ1v) is 11.8. The Balaban J connectivity index is 2.49. The molecule has 1 aromatic heterocycles. The van der Waals surface area contributed by atoms with Crippen LogP contribution in [0, 0.1) is 6.92 Å². The molecule has 0 fully saturated rings. The van der Waals surface area contributed by atoms with Gasteiger partial charge in [-0.2, -0.15) is 0 Å². The zero-order chi connectivity index (χ0) is 26.9. The fourth-order valence-electron chi connectivity index (χ4n) is 3.19. The lowest BCUT2D eigenvalue weighted by Crippen LogP contribution is -2.38. The lowest BCUT2D eigenvalue weighted by atomic mass is 10.2. The second-order valence-corrected chi connectivity index (χ2v) is 8.10. The van der Waals surface area contributed by atoms with Gasteiger partial charge in [0, 0.05) is 50.2 Å². The van der Waals surface area contributed by atoms with Crippen LogP contribution in [0.15, 0.2) is 27.6 Å². The maximum absolute atomic E-state index is 12.0. The van der Waals surface area contributed by atoms with Crippen LogP contribution in [-0.2, 0) is 25.5 Å². The fraction of sp³-hybridized carbons (Fsp3) is 0.652. The van der Waals surface area contributed by atoms with Crippen molar-refractivity contribution < 1.29 is 28.9 Å². The van der Waals surface area contributed by atoms with Gasteiger partial charge in [0.2, 0.25) is 0 Å². The van der Waals surface area contributed by atoms with E-state index in [2.05, 4.69) is 10.3 Å². The number of aliphatic hydroxyl groups is 1. The number of allylic oxidation sites excluding steroid dienone is 1. The van der Waals surface area contributed by atoms with E-state index in [4.69, 9.17) is 25.1 Å². The molecule has 0 radical (unpaired) electrons. The number of aromatic amines is 1. The second kappa shape index (κ2) is 17.6. The van der Waals surface area contributed by atoms with Crippen LogP contribution in [0.1, 0.15) is 25.3 Å². The van der Waals surface area contributed by atoms with Crippen molar-refractivity contribution in [3.63, 3.8) is 0 Å². The first kappa shape index (κ1) is 31.2. The van der Waals surface area contributed by atoms with Gasteiger partial charge in [-0.05, 0) is 26.7 Å². The molecule has 0 saturated heterocycles. The normalized spacial score (nSPS) is 13.3. The number of carbonyl (C=O) groups is 2. The number of ether oxygens (including phenoxy) is 3. The largest absolute Gasteiger partial charge is 0.394 e. The summed E-state index contributed by atoms with van der Waals surface area (Å²) in [6.07, 6.45) is 3.83. The Morgan fingerprint density at radius 3 is 2.61 bits per heavy atom. The van der Waals surface area contributed by atoms with Gasteiger partial charge < -0.3 is 39.8 Å². The molecule has 0 aliphatic carbocycles. The van der Waals surface area contributed by atoms with Gasteiger partial charge in [0.05, 0.1) is 45.2 Å². The van der Waals surface area contributed by atoms with Crippen LogP contribution >= 0.6 is 0 Å². The predicted molar refractivity (Wildman–Crippen MR) is 133 cm³/mol. The number of aryl methyl sites for hydroxylation is 2. The molecule has 13 nitrogen and oxygen atoms in total. The molecule has 13 heteroatoms. The average Bonchev–Trinajstić information content (AvgIpc) is 2.87. The van der Waals surface area contributed by atoms with Crippen LogP contribution in [0.2, 0.25) is 0 Å². The minimum atomic E-state index is -0.500. The number of aliphatic hydroxyl groups excluding tert-OH is 1. The minimum Gasteiger partial charge on any atom is -0.394 e. The zero-order valence-corrected chi connectivity index (χ0v) is 21.2. The van der Waals surface area contributed by atoms with E-state index in [0.717, 1.165) is 0 Å². The number of carbonyl (C=O) groups excluding carboxylic acids is 2. The molecule has 36 heavy (non-hydrogen) atoms. The van der Waals surface area contributed by atoms with E-state index in [0.29, 0.717) is 43.4 Å². The summed E-state index contributed by atoms with van der Waals surface area (Å²) < 4.78 is 18.4. The molecule has 0 bridgehead atoms. The van der Waals surface area contributed by atoms with Crippen molar-refractivity contribution in [2.45, 2.75) is 45.4 Å². The predicted octanol–water partition coefficient (Wildman–Crippen LogP) is -0.893. The van der Waals surface area contributed by atoms with E-state index in [1.54, 1.807) is 13.8 Å². The Kier molecular flexibility index (Phi) is 15.2. The molecule has 1 rings (SSSR count).